The Hall–Kier alpha value is -3.90. The van der Waals surface area contributed by atoms with Gasteiger partial charge in [0.05, 0.1) is 24.7 Å². The molecule has 3 aromatic carbocycles. The number of esters is 1. The number of aromatic nitrogens is 1. The molecule has 0 aliphatic carbocycles. The van der Waals surface area contributed by atoms with E-state index in [1.165, 1.54) is 19.2 Å². The molecule has 0 aliphatic rings. The number of phenols is 1. The van der Waals surface area contributed by atoms with Gasteiger partial charge in [-0.05, 0) is 35.4 Å². The Morgan fingerprint density at radius 2 is 1.64 bits per heavy atom. The van der Waals surface area contributed by atoms with E-state index in [1.807, 2.05) is 60.7 Å². The lowest BCUT2D eigenvalue weighted by Crippen LogP contribution is -2.35. The maximum absolute atomic E-state index is 13.0. The first-order chi connectivity index (χ1) is 15.5. The fourth-order valence-electron chi connectivity index (χ4n) is 3.60. The lowest BCUT2D eigenvalue weighted by atomic mass is 10.0. The molecule has 33 heavy (non-hydrogen) atoms. The number of nitrogens with one attached hydrogen (secondary N) is 1. The van der Waals surface area contributed by atoms with Gasteiger partial charge in [-0.15, -0.1) is 12.4 Å². The number of para-hydroxylation sites is 1. The summed E-state index contributed by atoms with van der Waals surface area (Å²) in [5.41, 5.74) is 3.85. The number of carbonyl (C=O) groups excluding carboxylic acids is 2. The number of rotatable bonds is 6. The maximum Gasteiger partial charge on any atom is 0.333 e. The van der Waals surface area contributed by atoms with Gasteiger partial charge in [-0.1, -0.05) is 60.7 Å². The van der Waals surface area contributed by atoms with E-state index in [2.05, 4.69) is 5.32 Å². The van der Waals surface area contributed by atoms with E-state index in [1.54, 1.807) is 12.1 Å². The number of fused-ring (bicyclic) bond motifs is 1. The summed E-state index contributed by atoms with van der Waals surface area (Å²) >= 11 is 0. The molecule has 0 radical (unpaired) electrons. The van der Waals surface area contributed by atoms with Gasteiger partial charge < -0.3 is 15.2 Å². The molecule has 1 atom stereocenters. The van der Waals surface area contributed by atoms with Crippen LogP contribution in [-0.2, 0) is 20.7 Å². The molecule has 1 aromatic heterocycles. The van der Waals surface area contributed by atoms with Gasteiger partial charge in [0.2, 0.25) is 5.91 Å². The Morgan fingerprint density at radius 3 is 2.33 bits per heavy atom. The summed E-state index contributed by atoms with van der Waals surface area (Å²) in [5.74, 6) is -0.849. The molecule has 0 spiro atoms. The molecule has 0 aliphatic heterocycles. The van der Waals surface area contributed by atoms with Gasteiger partial charge in [0.1, 0.15) is 5.75 Å². The number of pyridine rings is 1. The maximum atomic E-state index is 13.0. The van der Waals surface area contributed by atoms with Crippen molar-refractivity contribution in [3.63, 3.8) is 0 Å². The van der Waals surface area contributed by atoms with Crippen molar-refractivity contribution in [2.75, 3.05) is 7.11 Å². The minimum atomic E-state index is -0.977. The first-order valence-electron chi connectivity index (χ1n) is 10.2. The van der Waals surface area contributed by atoms with Crippen LogP contribution in [0.25, 0.3) is 22.2 Å². The van der Waals surface area contributed by atoms with E-state index in [-0.39, 0.29) is 30.5 Å². The molecule has 4 rings (SSSR count). The summed E-state index contributed by atoms with van der Waals surface area (Å²) < 4.78 is 4.87. The number of phenolic OH excluding ortho intramolecular Hbond substituents is 1. The monoisotopic (exact) mass is 462 g/mol. The van der Waals surface area contributed by atoms with Crippen molar-refractivity contribution in [3.05, 3.63) is 96.1 Å². The van der Waals surface area contributed by atoms with Crippen molar-refractivity contribution in [3.8, 4) is 17.0 Å². The largest absolute Gasteiger partial charge is 0.508 e. The van der Waals surface area contributed by atoms with Crippen LogP contribution in [0.3, 0.4) is 0 Å². The second-order valence-corrected chi connectivity index (χ2v) is 7.34. The van der Waals surface area contributed by atoms with Crippen LogP contribution in [0.4, 0.5) is 0 Å². The first-order valence-corrected chi connectivity index (χ1v) is 10.2. The fourth-order valence-corrected chi connectivity index (χ4v) is 3.60. The third-order valence-electron chi connectivity index (χ3n) is 5.19. The molecule has 0 saturated carbocycles. The van der Waals surface area contributed by atoms with Crippen LogP contribution < -0.4 is 5.32 Å². The zero-order valence-corrected chi connectivity index (χ0v) is 18.7. The molecule has 7 heteroatoms. The number of ether oxygens (including phenoxy) is 1. The summed E-state index contributed by atoms with van der Waals surface area (Å²) in [6, 6.07) is 24.4. The van der Waals surface area contributed by atoms with Crippen LogP contribution in [0.1, 0.15) is 17.2 Å². The second kappa shape index (κ2) is 10.6. The van der Waals surface area contributed by atoms with E-state index in [4.69, 9.17) is 9.72 Å². The molecule has 1 amide bonds. The van der Waals surface area contributed by atoms with Gasteiger partial charge in [-0.3, -0.25) is 4.79 Å². The summed E-state index contributed by atoms with van der Waals surface area (Å²) in [6.45, 7) is 0. The molecule has 6 nitrogen and oxygen atoms in total. The predicted octanol–water partition coefficient (Wildman–Crippen LogP) is 4.60. The fraction of sp³-hybridized carbons (Fsp3) is 0.115. The molecule has 0 bridgehead atoms. The highest BCUT2D eigenvalue weighted by Crippen LogP contribution is 2.25. The van der Waals surface area contributed by atoms with Crippen molar-refractivity contribution in [2.24, 2.45) is 0 Å². The molecule has 2 N–H and O–H groups in total. The molecular formula is C26H23ClN2O4. The van der Waals surface area contributed by atoms with Crippen LogP contribution >= 0.6 is 12.4 Å². The van der Waals surface area contributed by atoms with Crippen LogP contribution in [-0.4, -0.2) is 29.1 Å². The van der Waals surface area contributed by atoms with E-state index in [0.29, 0.717) is 5.56 Å². The average Bonchev–Trinajstić information content (AvgIpc) is 2.83. The van der Waals surface area contributed by atoms with Crippen LogP contribution in [0, 0.1) is 0 Å². The number of methoxy groups -OCH3 is 1. The number of benzene rings is 3. The van der Waals surface area contributed by atoms with E-state index < -0.39 is 12.0 Å². The van der Waals surface area contributed by atoms with Crippen molar-refractivity contribution in [1.29, 1.82) is 0 Å². The van der Waals surface area contributed by atoms with Crippen molar-refractivity contribution < 1.29 is 19.4 Å². The van der Waals surface area contributed by atoms with Crippen molar-refractivity contribution in [2.45, 2.75) is 12.5 Å². The average molecular weight is 463 g/mol. The van der Waals surface area contributed by atoms with Gasteiger partial charge in [0.15, 0.2) is 6.04 Å². The van der Waals surface area contributed by atoms with Gasteiger partial charge >= 0.3 is 5.97 Å². The smallest absolute Gasteiger partial charge is 0.333 e. The van der Waals surface area contributed by atoms with Gasteiger partial charge in [0, 0.05) is 10.9 Å². The SMILES string of the molecule is COC(=O)[C@H](NC(=O)Cc1cc(-c2ccccc2)nc2ccccc12)c1ccc(O)cc1.Cl. The standard InChI is InChI=1S/C26H22N2O4.ClH/c1-32-26(31)25(18-11-13-20(29)14-12-18)28-24(30)16-19-15-23(17-7-3-2-4-8-17)27-22-10-6-5-9-21(19)22;/h2-15,25,29H,16H2,1H3,(H,28,30);1H/t25-;/m1./s1. The molecule has 1 heterocycles. The highest BCUT2D eigenvalue weighted by atomic mass is 35.5. The highest BCUT2D eigenvalue weighted by Gasteiger charge is 2.24. The first kappa shape index (κ1) is 23.8. The molecule has 0 unspecified atom stereocenters. The number of nitrogens with zero attached hydrogens (tertiary/aromatic N) is 1. The minimum absolute atomic E-state index is 0. The highest BCUT2D eigenvalue weighted by molar-refractivity contribution is 5.92. The topological polar surface area (TPSA) is 88.5 Å². The lowest BCUT2D eigenvalue weighted by Gasteiger charge is -2.17. The van der Waals surface area contributed by atoms with E-state index in [9.17, 15) is 14.7 Å². The summed E-state index contributed by atoms with van der Waals surface area (Å²) in [7, 11) is 1.27. The number of hydrogen-bond acceptors (Lipinski definition) is 5. The minimum Gasteiger partial charge on any atom is -0.508 e. The summed E-state index contributed by atoms with van der Waals surface area (Å²) in [4.78, 5) is 30.1. The molecule has 0 saturated heterocycles. The summed E-state index contributed by atoms with van der Waals surface area (Å²) in [6.07, 6.45) is 0.0639. The van der Waals surface area contributed by atoms with Gasteiger partial charge in [-0.2, -0.15) is 0 Å². The molecule has 4 aromatic rings. The second-order valence-electron chi connectivity index (χ2n) is 7.34. The van der Waals surface area contributed by atoms with Crippen molar-refractivity contribution >= 4 is 35.2 Å². The quantitative estimate of drug-likeness (QED) is 0.409. The number of halogens is 1. The number of aromatic hydroxyl groups is 1. The number of hydrogen-bond donors (Lipinski definition) is 2. The van der Waals surface area contributed by atoms with E-state index >= 15 is 0 Å². The third kappa shape index (κ3) is 5.48. The number of amides is 1. The Labute approximate surface area is 197 Å². The van der Waals surface area contributed by atoms with Crippen LogP contribution in [0.15, 0.2) is 84.9 Å². The zero-order chi connectivity index (χ0) is 22.5. The zero-order valence-electron chi connectivity index (χ0n) is 17.9. The Morgan fingerprint density at radius 1 is 0.970 bits per heavy atom. The van der Waals surface area contributed by atoms with Gasteiger partial charge in [-0.25, -0.2) is 9.78 Å². The predicted molar refractivity (Wildman–Crippen MR) is 129 cm³/mol. The third-order valence-corrected chi connectivity index (χ3v) is 5.19. The van der Waals surface area contributed by atoms with Crippen LogP contribution in [0.5, 0.6) is 5.75 Å². The van der Waals surface area contributed by atoms with Gasteiger partial charge in [0.25, 0.3) is 0 Å². The normalized spacial score (nSPS) is 11.3. The molecule has 168 valence electrons. The summed E-state index contributed by atoms with van der Waals surface area (Å²) in [5, 5.41) is 13.2. The lowest BCUT2D eigenvalue weighted by molar-refractivity contribution is -0.145. The molecular weight excluding hydrogens is 440 g/mol. The Bertz CT molecular complexity index is 1260. The number of carbonyl (C=O) groups is 2. The Kier molecular flexibility index (Phi) is 7.64. The van der Waals surface area contributed by atoms with Crippen molar-refractivity contribution in [1.82, 2.24) is 10.3 Å². The van der Waals surface area contributed by atoms with E-state index in [0.717, 1.165) is 27.7 Å². The Balaban J connectivity index is 0.00000306. The molecule has 0 fully saturated rings. The van der Waals surface area contributed by atoms with Crippen LogP contribution in [0.2, 0.25) is 0 Å².